The molecular formula is C53H43N3O. The third-order valence-corrected chi connectivity index (χ3v) is 12.1. The van der Waals surface area contributed by atoms with Gasteiger partial charge in [0.05, 0.1) is 22.4 Å². The van der Waals surface area contributed by atoms with Crippen LogP contribution < -0.4 is 0 Å². The Morgan fingerprint density at radius 2 is 1.42 bits per heavy atom. The van der Waals surface area contributed by atoms with Crippen LogP contribution >= 0.6 is 0 Å². The Bertz CT molecular complexity index is 2960. The molecule has 1 saturated heterocycles. The third-order valence-electron chi connectivity index (χ3n) is 12.1. The van der Waals surface area contributed by atoms with E-state index in [1.165, 1.54) is 66.3 Å². The van der Waals surface area contributed by atoms with Crippen LogP contribution in [0.5, 0.6) is 0 Å². The summed E-state index contributed by atoms with van der Waals surface area (Å²) in [5, 5.41) is 8.52. The van der Waals surface area contributed by atoms with Gasteiger partial charge in [-0.15, -0.1) is 0 Å². The molecule has 57 heavy (non-hydrogen) atoms. The van der Waals surface area contributed by atoms with Gasteiger partial charge in [-0.25, -0.2) is 0 Å². The first-order chi connectivity index (χ1) is 28.2. The smallest absolute Gasteiger partial charge is 0.142 e. The maximum atomic E-state index is 6.65. The fourth-order valence-electron chi connectivity index (χ4n) is 9.37. The maximum Gasteiger partial charge on any atom is 0.142 e. The molecule has 1 fully saturated rings. The number of benzene rings is 6. The number of aromatic nitrogens is 1. The average molecular weight is 738 g/mol. The highest BCUT2D eigenvalue weighted by Gasteiger charge is 2.45. The van der Waals surface area contributed by atoms with Crippen molar-refractivity contribution < 1.29 is 4.42 Å². The van der Waals surface area contributed by atoms with Crippen molar-refractivity contribution in [3.8, 4) is 16.8 Å². The zero-order chi connectivity index (χ0) is 37.9. The van der Waals surface area contributed by atoms with E-state index in [-0.39, 0.29) is 6.17 Å². The second-order valence-electron chi connectivity index (χ2n) is 15.5. The number of para-hydroxylation sites is 3. The van der Waals surface area contributed by atoms with Crippen molar-refractivity contribution in [2.24, 2.45) is 0 Å². The molecule has 0 saturated carbocycles. The molecule has 2 aliphatic carbocycles. The molecule has 0 bridgehead atoms. The first kappa shape index (κ1) is 33.7. The fraction of sp³-hybridized carbons (Fsp3) is 0.132. The number of fused-ring (bicyclic) bond motifs is 6. The van der Waals surface area contributed by atoms with Crippen LogP contribution in [0.3, 0.4) is 0 Å². The topological polar surface area (TPSA) is 24.1 Å². The molecule has 1 aliphatic heterocycles. The lowest BCUT2D eigenvalue weighted by molar-refractivity contribution is 0.425. The number of rotatable bonds is 8. The second-order valence-corrected chi connectivity index (χ2v) is 15.5. The van der Waals surface area contributed by atoms with Gasteiger partial charge in [-0.3, -0.25) is 5.01 Å². The summed E-state index contributed by atoms with van der Waals surface area (Å²) in [7, 11) is 2.21. The largest absolute Gasteiger partial charge is 0.460 e. The third kappa shape index (κ3) is 5.71. The number of allylic oxidation sites excluding steroid dienone is 5. The minimum Gasteiger partial charge on any atom is -0.460 e. The van der Waals surface area contributed by atoms with Gasteiger partial charge in [0.1, 0.15) is 17.5 Å². The van der Waals surface area contributed by atoms with Crippen molar-refractivity contribution >= 4 is 44.4 Å². The van der Waals surface area contributed by atoms with E-state index >= 15 is 0 Å². The van der Waals surface area contributed by atoms with Gasteiger partial charge in [-0.1, -0.05) is 152 Å². The average Bonchev–Trinajstić information content (AvgIpc) is 3.61. The van der Waals surface area contributed by atoms with E-state index in [9.17, 15) is 0 Å². The summed E-state index contributed by atoms with van der Waals surface area (Å²) < 4.78 is 9.11. The molecule has 276 valence electrons. The Morgan fingerprint density at radius 3 is 2.32 bits per heavy atom. The van der Waals surface area contributed by atoms with Crippen molar-refractivity contribution in [2.45, 2.75) is 38.3 Å². The van der Waals surface area contributed by atoms with Crippen LogP contribution in [0.1, 0.15) is 53.4 Å². The van der Waals surface area contributed by atoms with Crippen molar-refractivity contribution in [3.63, 3.8) is 0 Å². The van der Waals surface area contributed by atoms with Crippen LogP contribution in [-0.2, 0) is 12.8 Å². The van der Waals surface area contributed by atoms with Gasteiger partial charge < -0.3 is 8.98 Å². The highest BCUT2D eigenvalue weighted by molar-refractivity contribution is 6.11. The summed E-state index contributed by atoms with van der Waals surface area (Å²) >= 11 is 0. The summed E-state index contributed by atoms with van der Waals surface area (Å²) in [5.41, 5.74) is 15.7. The van der Waals surface area contributed by atoms with Crippen molar-refractivity contribution in [3.05, 3.63) is 209 Å². The molecule has 11 rings (SSSR count). The van der Waals surface area contributed by atoms with E-state index in [0.29, 0.717) is 0 Å². The minimum absolute atomic E-state index is 0.201. The van der Waals surface area contributed by atoms with Gasteiger partial charge in [-0.2, -0.15) is 5.01 Å². The number of aryl methyl sites for hydroxylation is 1. The molecule has 4 heteroatoms. The molecule has 0 N–H and O–H groups in total. The maximum absolute atomic E-state index is 6.65. The lowest BCUT2D eigenvalue weighted by Gasteiger charge is -2.22. The fourth-order valence-corrected chi connectivity index (χ4v) is 9.37. The molecular weight excluding hydrogens is 695 g/mol. The van der Waals surface area contributed by atoms with E-state index in [2.05, 4.69) is 198 Å². The Hall–Kier alpha value is -6.62. The summed E-state index contributed by atoms with van der Waals surface area (Å²) in [5.74, 6) is 1.09. The molecule has 0 radical (unpaired) electrons. The molecule has 4 nitrogen and oxygen atoms in total. The lowest BCUT2D eigenvalue weighted by atomic mass is 9.88. The first-order valence-electron chi connectivity index (χ1n) is 20.3. The van der Waals surface area contributed by atoms with Crippen LogP contribution in [0.15, 0.2) is 186 Å². The Kier molecular flexibility index (Phi) is 8.18. The highest BCUT2D eigenvalue weighted by Crippen LogP contribution is 2.49. The Labute approximate surface area is 333 Å². The van der Waals surface area contributed by atoms with Crippen LogP contribution in [0.4, 0.5) is 0 Å². The van der Waals surface area contributed by atoms with Crippen LogP contribution in [-0.4, -0.2) is 21.6 Å². The molecule has 2 unspecified atom stereocenters. The zero-order valence-electron chi connectivity index (χ0n) is 32.1. The van der Waals surface area contributed by atoms with Crippen LogP contribution in [0.25, 0.3) is 61.2 Å². The van der Waals surface area contributed by atoms with E-state index < -0.39 is 0 Å². The highest BCUT2D eigenvalue weighted by atomic mass is 16.3. The SMILES string of the molecule is CN1C(c2ccccc2)N1/C(=C\Cc1ccccc1)C1=CCCC=C1c1ccc2c(c1)c1ccccc1n2-c1ccccc1-c1cccc2c3c(oc12)CCC=C3. The number of hydrazine groups is 1. The number of hydrogen-bond acceptors (Lipinski definition) is 3. The van der Waals surface area contributed by atoms with Gasteiger partial charge in [0.15, 0.2) is 0 Å². The number of hydrogen-bond donors (Lipinski definition) is 0. The Morgan fingerprint density at radius 1 is 0.684 bits per heavy atom. The standard InChI is InChI=1S/C53H43N3O/c1-54-53(37-19-6-3-7-20-37)56(54)50(33-31-36-17-4-2-5-18-36)40-22-9-8-21-39(40)38-32-34-49-46(35-38)42-24-11-14-29-48(42)55(49)47-28-13-10-23-41(47)44-26-16-27-45-43-25-12-15-30-51(43)57-52(44)45/h2-7,10-14,16-29,32-35,53H,8-9,15,30-31H2,1H3/b50-33-. The molecule has 6 aromatic carbocycles. The van der Waals surface area contributed by atoms with Gasteiger partial charge in [0.2, 0.25) is 0 Å². The predicted octanol–water partition coefficient (Wildman–Crippen LogP) is 13.2. The first-order valence-corrected chi connectivity index (χ1v) is 20.3. The lowest BCUT2D eigenvalue weighted by Crippen LogP contribution is -2.10. The van der Waals surface area contributed by atoms with Crippen molar-refractivity contribution in [1.29, 1.82) is 0 Å². The number of nitrogens with zero attached hydrogens (tertiary/aromatic N) is 3. The van der Waals surface area contributed by atoms with Crippen LogP contribution in [0.2, 0.25) is 0 Å². The van der Waals surface area contributed by atoms with Gasteiger partial charge in [-0.05, 0) is 72.2 Å². The minimum atomic E-state index is 0.201. The molecule has 0 spiro atoms. The Balaban J connectivity index is 1.03. The summed E-state index contributed by atoms with van der Waals surface area (Å²) in [6.45, 7) is 0. The zero-order valence-corrected chi connectivity index (χ0v) is 32.1. The molecule has 2 atom stereocenters. The number of furan rings is 1. The van der Waals surface area contributed by atoms with Gasteiger partial charge in [0, 0.05) is 51.9 Å². The summed E-state index contributed by atoms with van der Waals surface area (Å²) in [6, 6.07) is 53.1. The van der Waals surface area contributed by atoms with Gasteiger partial charge in [0.25, 0.3) is 0 Å². The van der Waals surface area contributed by atoms with E-state index in [1.54, 1.807) is 0 Å². The second kappa shape index (κ2) is 13.8. The quantitative estimate of drug-likeness (QED) is 0.145. The van der Waals surface area contributed by atoms with Crippen molar-refractivity contribution in [1.82, 2.24) is 14.6 Å². The summed E-state index contributed by atoms with van der Waals surface area (Å²) in [6.07, 6.45) is 16.9. The predicted molar refractivity (Wildman–Crippen MR) is 236 cm³/mol. The normalized spacial score (nSPS) is 17.9. The van der Waals surface area contributed by atoms with Crippen molar-refractivity contribution in [2.75, 3.05) is 7.05 Å². The van der Waals surface area contributed by atoms with E-state index in [1.807, 2.05) is 0 Å². The monoisotopic (exact) mass is 737 g/mol. The molecule has 3 aliphatic rings. The van der Waals surface area contributed by atoms with E-state index in [4.69, 9.17) is 4.42 Å². The van der Waals surface area contributed by atoms with Gasteiger partial charge >= 0.3 is 0 Å². The van der Waals surface area contributed by atoms with Crippen LogP contribution in [0, 0.1) is 0 Å². The molecule has 2 aromatic heterocycles. The molecule has 8 aromatic rings. The van der Waals surface area contributed by atoms with E-state index in [0.717, 1.165) is 60.3 Å². The molecule has 3 heterocycles. The molecule has 0 amide bonds. The summed E-state index contributed by atoms with van der Waals surface area (Å²) in [4.78, 5) is 0.